The number of nitrogens with zero attached hydrogens (tertiary/aromatic N) is 1. The van der Waals surface area contributed by atoms with Gasteiger partial charge in [-0.05, 0) is 74.4 Å². The third-order valence-electron chi connectivity index (χ3n) is 7.22. The minimum absolute atomic E-state index is 0.0213. The summed E-state index contributed by atoms with van der Waals surface area (Å²) in [5, 5.41) is 5.25. The molecule has 0 aromatic heterocycles. The van der Waals surface area contributed by atoms with E-state index >= 15 is 0 Å². The SMILES string of the molecule is CCOC(=O)c1cccc([C@H]2CC[C@@H](N3CC(NC(=O)CNC(=O)c4cccc(C(F)(F)F)c4)C3)CC2)c1. The second-order valence-electron chi connectivity index (χ2n) is 9.83. The summed E-state index contributed by atoms with van der Waals surface area (Å²) >= 11 is 0. The predicted octanol–water partition coefficient (Wildman–Crippen LogP) is 4.14. The van der Waals surface area contributed by atoms with Crippen LogP contribution in [0.25, 0.3) is 0 Å². The molecule has 2 aromatic rings. The molecule has 2 N–H and O–H groups in total. The lowest BCUT2D eigenvalue weighted by molar-refractivity contribution is -0.137. The smallest absolute Gasteiger partial charge is 0.416 e. The Morgan fingerprint density at radius 1 is 0.974 bits per heavy atom. The van der Waals surface area contributed by atoms with Crippen LogP contribution in [0.15, 0.2) is 48.5 Å². The van der Waals surface area contributed by atoms with Gasteiger partial charge in [-0.2, -0.15) is 13.2 Å². The van der Waals surface area contributed by atoms with Gasteiger partial charge < -0.3 is 15.4 Å². The highest BCUT2D eigenvalue weighted by Crippen LogP contribution is 2.36. The molecule has 4 rings (SSSR count). The molecule has 2 aromatic carbocycles. The van der Waals surface area contributed by atoms with Crippen molar-refractivity contribution in [3.63, 3.8) is 0 Å². The Bertz CT molecular complexity index is 1160. The van der Waals surface area contributed by atoms with Gasteiger partial charge in [-0.25, -0.2) is 4.79 Å². The molecule has 2 aliphatic rings. The quantitative estimate of drug-likeness (QED) is 0.500. The van der Waals surface area contributed by atoms with Crippen LogP contribution in [-0.2, 0) is 15.7 Å². The zero-order valence-electron chi connectivity index (χ0n) is 21.2. The molecule has 7 nitrogen and oxygen atoms in total. The fourth-order valence-corrected chi connectivity index (χ4v) is 5.19. The number of halogens is 3. The molecule has 1 heterocycles. The molecular weight excluding hydrogens is 499 g/mol. The van der Waals surface area contributed by atoms with Crippen molar-refractivity contribution in [3.8, 4) is 0 Å². The number of amides is 2. The largest absolute Gasteiger partial charge is 0.462 e. The van der Waals surface area contributed by atoms with Gasteiger partial charge in [0.1, 0.15) is 0 Å². The highest BCUT2D eigenvalue weighted by molar-refractivity contribution is 5.96. The van der Waals surface area contributed by atoms with E-state index in [-0.39, 0.29) is 30.0 Å². The summed E-state index contributed by atoms with van der Waals surface area (Å²) in [5.41, 5.74) is 0.683. The second kappa shape index (κ2) is 12.0. The van der Waals surface area contributed by atoms with Gasteiger partial charge in [0.05, 0.1) is 30.3 Å². The molecule has 2 fully saturated rings. The number of esters is 1. The van der Waals surface area contributed by atoms with E-state index in [2.05, 4.69) is 21.6 Å². The lowest BCUT2D eigenvalue weighted by Crippen LogP contribution is -2.63. The molecule has 0 spiro atoms. The number of hydrogen-bond acceptors (Lipinski definition) is 5. The summed E-state index contributed by atoms with van der Waals surface area (Å²) in [6.07, 6.45) is -0.444. The first-order valence-electron chi connectivity index (χ1n) is 12.9. The summed E-state index contributed by atoms with van der Waals surface area (Å²) in [6.45, 7) is 3.28. The van der Waals surface area contributed by atoms with Crippen molar-refractivity contribution in [1.82, 2.24) is 15.5 Å². The molecule has 204 valence electrons. The zero-order valence-corrected chi connectivity index (χ0v) is 21.2. The third kappa shape index (κ3) is 6.92. The fraction of sp³-hybridized carbons (Fsp3) is 0.464. The van der Waals surface area contributed by atoms with E-state index in [1.807, 2.05) is 12.1 Å². The van der Waals surface area contributed by atoms with Gasteiger partial charge in [-0.3, -0.25) is 14.5 Å². The number of nitrogens with one attached hydrogen (secondary N) is 2. The summed E-state index contributed by atoms with van der Waals surface area (Å²) in [4.78, 5) is 38.8. The molecule has 1 saturated carbocycles. The van der Waals surface area contributed by atoms with E-state index in [4.69, 9.17) is 4.74 Å². The Morgan fingerprint density at radius 3 is 2.34 bits per heavy atom. The van der Waals surface area contributed by atoms with E-state index in [0.29, 0.717) is 24.1 Å². The summed E-state index contributed by atoms with van der Waals surface area (Å²) in [7, 11) is 0. The Kier molecular flexibility index (Phi) is 8.71. The van der Waals surface area contributed by atoms with E-state index in [0.717, 1.165) is 62.5 Å². The Balaban J connectivity index is 1.17. The molecule has 1 saturated heterocycles. The van der Waals surface area contributed by atoms with Crippen molar-refractivity contribution in [2.24, 2.45) is 0 Å². The molecule has 1 aliphatic heterocycles. The number of alkyl halides is 3. The minimum Gasteiger partial charge on any atom is -0.462 e. The maximum Gasteiger partial charge on any atom is 0.416 e. The van der Waals surface area contributed by atoms with E-state index in [1.165, 1.54) is 6.07 Å². The Labute approximate surface area is 219 Å². The van der Waals surface area contributed by atoms with Gasteiger partial charge in [-0.15, -0.1) is 0 Å². The number of likely N-dealkylation sites (tertiary alicyclic amines) is 1. The van der Waals surface area contributed by atoms with Gasteiger partial charge in [0.2, 0.25) is 5.91 Å². The van der Waals surface area contributed by atoms with Crippen LogP contribution in [0.3, 0.4) is 0 Å². The van der Waals surface area contributed by atoms with Crippen LogP contribution in [-0.4, -0.2) is 61.0 Å². The topological polar surface area (TPSA) is 87.7 Å². The van der Waals surface area contributed by atoms with Gasteiger partial charge in [0.25, 0.3) is 5.91 Å². The number of rotatable bonds is 8. The maximum atomic E-state index is 12.8. The average Bonchev–Trinajstić information content (AvgIpc) is 2.89. The lowest BCUT2D eigenvalue weighted by atomic mass is 9.80. The summed E-state index contributed by atoms with van der Waals surface area (Å²) in [6, 6.07) is 12.2. The van der Waals surface area contributed by atoms with E-state index < -0.39 is 17.6 Å². The van der Waals surface area contributed by atoms with E-state index in [9.17, 15) is 27.6 Å². The number of benzene rings is 2. The first-order chi connectivity index (χ1) is 18.1. The Hall–Kier alpha value is -3.40. The molecule has 2 amide bonds. The van der Waals surface area contributed by atoms with Crippen molar-refractivity contribution in [2.45, 2.75) is 56.8 Å². The highest BCUT2D eigenvalue weighted by atomic mass is 19.4. The zero-order chi connectivity index (χ0) is 27.3. The molecule has 0 bridgehead atoms. The summed E-state index contributed by atoms with van der Waals surface area (Å²) in [5.74, 6) is -1.00. The lowest BCUT2D eigenvalue weighted by Gasteiger charge is -2.46. The molecule has 0 radical (unpaired) electrons. The minimum atomic E-state index is -4.54. The molecule has 0 atom stereocenters. The normalized spacial score (nSPS) is 20.3. The average molecular weight is 532 g/mol. The van der Waals surface area contributed by atoms with Crippen LogP contribution < -0.4 is 10.6 Å². The number of ether oxygens (including phenoxy) is 1. The van der Waals surface area contributed by atoms with Crippen LogP contribution in [0.4, 0.5) is 13.2 Å². The highest BCUT2D eigenvalue weighted by Gasteiger charge is 2.35. The van der Waals surface area contributed by atoms with Crippen molar-refractivity contribution in [1.29, 1.82) is 0 Å². The van der Waals surface area contributed by atoms with Crippen LogP contribution in [0.5, 0.6) is 0 Å². The molecule has 38 heavy (non-hydrogen) atoms. The Morgan fingerprint density at radius 2 is 1.66 bits per heavy atom. The van der Waals surface area contributed by atoms with Crippen molar-refractivity contribution < 1.29 is 32.3 Å². The van der Waals surface area contributed by atoms with Crippen LogP contribution >= 0.6 is 0 Å². The van der Waals surface area contributed by atoms with Crippen LogP contribution in [0, 0.1) is 0 Å². The van der Waals surface area contributed by atoms with E-state index in [1.54, 1.807) is 13.0 Å². The first kappa shape index (κ1) is 27.6. The molecular formula is C28H32F3N3O4. The fourth-order valence-electron chi connectivity index (χ4n) is 5.19. The van der Waals surface area contributed by atoms with Crippen molar-refractivity contribution in [3.05, 3.63) is 70.8 Å². The van der Waals surface area contributed by atoms with Gasteiger partial charge in [0, 0.05) is 24.7 Å². The number of hydrogen-bond donors (Lipinski definition) is 2. The second-order valence-corrected chi connectivity index (χ2v) is 9.83. The van der Waals surface area contributed by atoms with Crippen molar-refractivity contribution in [2.75, 3.05) is 26.2 Å². The molecule has 0 unspecified atom stereocenters. The maximum absolute atomic E-state index is 12.8. The first-order valence-corrected chi connectivity index (χ1v) is 12.9. The van der Waals surface area contributed by atoms with Crippen LogP contribution in [0.2, 0.25) is 0 Å². The van der Waals surface area contributed by atoms with Gasteiger partial charge >= 0.3 is 12.1 Å². The molecule has 10 heteroatoms. The number of carbonyl (C=O) groups excluding carboxylic acids is 3. The number of carbonyl (C=O) groups is 3. The van der Waals surface area contributed by atoms with Crippen LogP contribution in [0.1, 0.15) is 70.4 Å². The standard InChI is InChI=1S/C28H32F3N3O4/c1-2-38-27(37)21-7-3-5-19(13-21)18-9-11-24(12-10-18)34-16-23(17-34)33-25(35)15-32-26(36)20-6-4-8-22(14-20)28(29,30)31/h3-8,13-14,18,23-24H,2,9-12,15-17H2,1H3,(H,32,36)(H,33,35)/t18-,24+. The predicted molar refractivity (Wildman–Crippen MR) is 135 cm³/mol. The molecule has 1 aliphatic carbocycles. The van der Waals surface area contributed by atoms with Gasteiger partial charge in [0.15, 0.2) is 0 Å². The van der Waals surface area contributed by atoms with Gasteiger partial charge in [-0.1, -0.05) is 18.2 Å². The van der Waals surface area contributed by atoms with Crippen molar-refractivity contribution >= 4 is 17.8 Å². The monoisotopic (exact) mass is 531 g/mol. The third-order valence-corrected chi connectivity index (χ3v) is 7.22. The summed E-state index contributed by atoms with van der Waals surface area (Å²) < 4.78 is 43.6.